The van der Waals surface area contributed by atoms with E-state index in [2.05, 4.69) is 10.6 Å². The van der Waals surface area contributed by atoms with Gasteiger partial charge >= 0.3 is 0 Å². The molecule has 5 heteroatoms. The highest BCUT2D eigenvalue weighted by Crippen LogP contribution is 2.19. The van der Waals surface area contributed by atoms with E-state index in [1.54, 1.807) is 4.90 Å². The average molecular weight is 346 g/mol. The number of hydrogen-bond donors (Lipinski definition) is 2. The number of amides is 1. The average Bonchev–Trinajstić information content (AvgIpc) is 2.71. The van der Waals surface area contributed by atoms with Gasteiger partial charge < -0.3 is 15.5 Å². The summed E-state index contributed by atoms with van der Waals surface area (Å²) in [5.41, 5.74) is 2.95. The molecule has 1 fully saturated rings. The van der Waals surface area contributed by atoms with Gasteiger partial charge in [-0.25, -0.2) is 0 Å². The summed E-state index contributed by atoms with van der Waals surface area (Å²) >= 11 is 0. The molecule has 1 saturated heterocycles. The molecule has 0 radical (unpaired) electrons. The summed E-state index contributed by atoms with van der Waals surface area (Å²) < 4.78 is 0. The van der Waals surface area contributed by atoms with Crippen molar-refractivity contribution in [2.45, 2.75) is 19.3 Å². The SMILES string of the molecule is N#C/C(=C/Nc1ccc(Nc2ccccc2)cc1)C(=O)N1CCCCC1. The normalized spacial score (nSPS) is 14.4. The fraction of sp³-hybridized carbons (Fsp3) is 0.238. The minimum atomic E-state index is -0.193. The van der Waals surface area contributed by atoms with Crippen LogP contribution in [0.25, 0.3) is 0 Å². The fourth-order valence-electron chi connectivity index (χ4n) is 2.90. The lowest BCUT2D eigenvalue weighted by Gasteiger charge is -2.26. The number of hydrogen-bond acceptors (Lipinski definition) is 4. The van der Waals surface area contributed by atoms with Gasteiger partial charge in [0.15, 0.2) is 0 Å². The van der Waals surface area contributed by atoms with Crippen molar-refractivity contribution >= 4 is 23.0 Å². The van der Waals surface area contributed by atoms with E-state index >= 15 is 0 Å². The van der Waals surface area contributed by atoms with Crippen molar-refractivity contribution < 1.29 is 4.79 Å². The highest BCUT2D eigenvalue weighted by Gasteiger charge is 2.20. The number of carbonyl (C=O) groups is 1. The van der Waals surface area contributed by atoms with Crippen LogP contribution in [0.4, 0.5) is 17.1 Å². The number of nitrogens with one attached hydrogen (secondary N) is 2. The third kappa shape index (κ3) is 4.64. The standard InChI is InChI=1S/C21H22N4O/c22-15-17(21(26)25-13-5-2-6-14-25)16-23-18-9-11-20(12-10-18)24-19-7-3-1-4-8-19/h1,3-4,7-12,16,23-24H,2,5-6,13-14H2/b17-16-. The van der Waals surface area contributed by atoms with Crippen molar-refractivity contribution in [2.75, 3.05) is 23.7 Å². The van der Waals surface area contributed by atoms with E-state index in [-0.39, 0.29) is 11.5 Å². The quantitative estimate of drug-likeness (QED) is 0.627. The van der Waals surface area contributed by atoms with Crippen LogP contribution < -0.4 is 10.6 Å². The van der Waals surface area contributed by atoms with E-state index in [9.17, 15) is 10.1 Å². The van der Waals surface area contributed by atoms with Gasteiger partial charge in [-0.05, 0) is 55.7 Å². The first-order valence-corrected chi connectivity index (χ1v) is 8.84. The molecule has 3 rings (SSSR count). The van der Waals surface area contributed by atoms with Gasteiger partial charge in [-0.3, -0.25) is 4.79 Å². The highest BCUT2D eigenvalue weighted by molar-refractivity contribution is 5.97. The molecule has 1 heterocycles. The van der Waals surface area contributed by atoms with Crippen molar-refractivity contribution in [1.29, 1.82) is 5.26 Å². The molecule has 1 aliphatic heterocycles. The van der Waals surface area contributed by atoms with Crippen molar-refractivity contribution in [1.82, 2.24) is 4.90 Å². The lowest BCUT2D eigenvalue weighted by molar-refractivity contribution is -0.127. The van der Waals surface area contributed by atoms with E-state index < -0.39 is 0 Å². The van der Waals surface area contributed by atoms with Crippen LogP contribution in [0.5, 0.6) is 0 Å². The molecule has 132 valence electrons. The van der Waals surface area contributed by atoms with E-state index in [0.717, 1.165) is 49.4 Å². The van der Waals surface area contributed by atoms with Crippen molar-refractivity contribution in [3.63, 3.8) is 0 Å². The number of piperidine rings is 1. The number of para-hydroxylation sites is 1. The van der Waals surface area contributed by atoms with Crippen LogP contribution in [0.2, 0.25) is 0 Å². The van der Waals surface area contributed by atoms with E-state index in [1.807, 2.05) is 60.7 Å². The number of carbonyl (C=O) groups excluding carboxylic acids is 1. The molecule has 0 spiro atoms. The second kappa shape index (κ2) is 8.72. The molecule has 0 aliphatic carbocycles. The highest BCUT2D eigenvalue weighted by atomic mass is 16.2. The minimum absolute atomic E-state index is 0.137. The zero-order chi connectivity index (χ0) is 18.2. The molecular formula is C21H22N4O. The first-order chi connectivity index (χ1) is 12.8. The maximum Gasteiger partial charge on any atom is 0.266 e. The van der Waals surface area contributed by atoms with Gasteiger partial charge in [-0.1, -0.05) is 18.2 Å². The number of likely N-dealkylation sites (tertiary alicyclic amines) is 1. The van der Waals surface area contributed by atoms with Gasteiger partial charge in [0.2, 0.25) is 0 Å². The van der Waals surface area contributed by atoms with E-state index in [4.69, 9.17) is 0 Å². The first-order valence-electron chi connectivity index (χ1n) is 8.84. The Morgan fingerprint density at radius 2 is 1.54 bits per heavy atom. The lowest BCUT2D eigenvalue weighted by Crippen LogP contribution is -2.36. The number of anilines is 3. The summed E-state index contributed by atoms with van der Waals surface area (Å²) in [6.45, 7) is 1.47. The Hall–Kier alpha value is -3.26. The molecule has 0 bridgehead atoms. The van der Waals surface area contributed by atoms with Crippen LogP contribution in [0.15, 0.2) is 66.4 Å². The molecule has 0 atom stereocenters. The van der Waals surface area contributed by atoms with Crippen LogP contribution in [-0.4, -0.2) is 23.9 Å². The smallest absolute Gasteiger partial charge is 0.266 e. The van der Waals surface area contributed by atoms with Gasteiger partial charge in [0, 0.05) is 36.4 Å². The Morgan fingerprint density at radius 1 is 0.923 bits per heavy atom. The maximum atomic E-state index is 12.4. The molecule has 26 heavy (non-hydrogen) atoms. The summed E-state index contributed by atoms with van der Waals surface area (Å²) in [6.07, 6.45) is 4.66. The Bertz CT molecular complexity index is 800. The predicted octanol–water partition coefficient (Wildman–Crippen LogP) is 4.26. The summed E-state index contributed by atoms with van der Waals surface area (Å²) in [5.74, 6) is -0.193. The lowest BCUT2D eigenvalue weighted by atomic mass is 10.1. The first kappa shape index (κ1) is 17.6. The van der Waals surface area contributed by atoms with Gasteiger partial charge in [-0.15, -0.1) is 0 Å². The third-order valence-corrected chi connectivity index (χ3v) is 4.32. The molecule has 2 aromatic rings. The van der Waals surface area contributed by atoms with Crippen LogP contribution in [-0.2, 0) is 4.79 Å². The van der Waals surface area contributed by atoms with Crippen molar-refractivity contribution in [3.05, 3.63) is 66.4 Å². The Morgan fingerprint density at radius 3 is 2.19 bits per heavy atom. The Labute approximate surface area is 153 Å². The molecule has 1 amide bonds. The molecule has 5 nitrogen and oxygen atoms in total. The molecule has 1 aliphatic rings. The second-order valence-corrected chi connectivity index (χ2v) is 6.24. The van der Waals surface area contributed by atoms with Crippen LogP contribution in [0.3, 0.4) is 0 Å². The van der Waals surface area contributed by atoms with Crippen LogP contribution in [0, 0.1) is 11.3 Å². The largest absolute Gasteiger partial charge is 0.360 e. The van der Waals surface area contributed by atoms with Gasteiger partial charge in [-0.2, -0.15) is 5.26 Å². The Balaban J connectivity index is 1.61. The molecule has 0 saturated carbocycles. The second-order valence-electron chi connectivity index (χ2n) is 6.24. The zero-order valence-corrected chi connectivity index (χ0v) is 14.6. The molecular weight excluding hydrogens is 324 g/mol. The topological polar surface area (TPSA) is 68.2 Å². The monoisotopic (exact) mass is 346 g/mol. The van der Waals surface area contributed by atoms with Gasteiger partial charge in [0.25, 0.3) is 5.91 Å². The van der Waals surface area contributed by atoms with E-state index in [1.165, 1.54) is 6.20 Å². The molecule has 0 aromatic heterocycles. The summed E-state index contributed by atoms with van der Waals surface area (Å²) in [6, 6.07) is 19.6. The summed E-state index contributed by atoms with van der Waals surface area (Å²) in [4.78, 5) is 14.2. The number of benzene rings is 2. The van der Waals surface area contributed by atoms with Gasteiger partial charge in [0.05, 0.1) is 0 Å². The summed E-state index contributed by atoms with van der Waals surface area (Å²) in [5, 5.41) is 15.7. The fourth-order valence-corrected chi connectivity index (χ4v) is 2.90. The molecule has 2 N–H and O–H groups in total. The van der Waals surface area contributed by atoms with Crippen LogP contribution >= 0.6 is 0 Å². The Kier molecular flexibility index (Phi) is 5.89. The third-order valence-electron chi connectivity index (χ3n) is 4.32. The molecule has 0 unspecified atom stereocenters. The predicted molar refractivity (Wildman–Crippen MR) is 104 cm³/mol. The van der Waals surface area contributed by atoms with Crippen molar-refractivity contribution in [3.8, 4) is 6.07 Å². The van der Waals surface area contributed by atoms with Gasteiger partial charge in [0.1, 0.15) is 11.6 Å². The van der Waals surface area contributed by atoms with Crippen LogP contribution in [0.1, 0.15) is 19.3 Å². The number of nitrogens with zero attached hydrogens (tertiary/aromatic N) is 2. The van der Waals surface area contributed by atoms with Crippen molar-refractivity contribution in [2.24, 2.45) is 0 Å². The summed E-state index contributed by atoms with van der Waals surface area (Å²) in [7, 11) is 0. The number of nitriles is 1. The number of rotatable bonds is 5. The van der Waals surface area contributed by atoms with E-state index in [0.29, 0.717) is 0 Å². The molecule has 2 aromatic carbocycles. The zero-order valence-electron chi connectivity index (χ0n) is 14.6. The maximum absolute atomic E-state index is 12.4. The minimum Gasteiger partial charge on any atom is -0.360 e.